The van der Waals surface area contributed by atoms with Gasteiger partial charge in [-0.25, -0.2) is 31.5 Å². The van der Waals surface area contributed by atoms with Gasteiger partial charge in [-0.15, -0.1) is 5.10 Å². The minimum absolute atomic E-state index is 0.0408. The van der Waals surface area contributed by atoms with Gasteiger partial charge in [0.05, 0.1) is 47.0 Å². The number of rotatable bonds is 6. The van der Waals surface area contributed by atoms with E-state index >= 15 is 4.39 Å². The van der Waals surface area contributed by atoms with Crippen molar-refractivity contribution in [3.63, 3.8) is 0 Å². The summed E-state index contributed by atoms with van der Waals surface area (Å²) >= 11 is 0. The highest BCUT2D eigenvalue weighted by atomic mass is 19.3. The van der Waals surface area contributed by atoms with Crippen LogP contribution in [0.15, 0.2) is 24.4 Å². The molecule has 0 amide bonds. The zero-order valence-corrected chi connectivity index (χ0v) is 18.6. The van der Waals surface area contributed by atoms with Crippen molar-refractivity contribution in [1.82, 2.24) is 29.0 Å². The normalized spacial score (nSPS) is 19.9. The number of likely N-dealkylation sites (tertiary alicyclic amines) is 1. The van der Waals surface area contributed by atoms with E-state index in [9.17, 15) is 17.6 Å². The molecule has 1 aliphatic heterocycles. The highest BCUT2D eigenvalue weighted by molar-refractivity contribution is 5.90. The van der Waals surface area contributed by atoms with Crippen molar-refractivity contribution in [2.24, 2.45) is 0 Å². The number of likely N-dealkylation sites (N-methyl/N-ethyl adjacent to an activating group) is 1. The van der Waals surface area contributed by atoms with Gasteiger partial charge in [0, 0.05) is 6.54 Å². The predicted molar refractivity (Wildman–Crippen MR) is 119 cm³/mol. The second kappa shape index (κ2) is 8.33. The monoisotopic (exact) mass is 498 g/mol. The number of hydrogen-bond acceptors (Lipinski definition) is 6. The van der Waals surface area contributed by atoms with Gasteiger partial charge >= 0.3 is 0 Å². The standard InChI is InChI=1S/C22H22F5N7O/c1-11-28-14-5-4-12(6-15(14)33(11)9-17(24)25)18-13(23)7-34-19(18)20(35-3)30-21(31-34)29-16-8-32(2)10-22(16,26)27/h4-7,16-17H,8-10H2,1-3H3,(H,29,31)/t16-/m1/s1/i3D3. The van der Waals surface area contributed by atoms with Crippen LogP contribution >= 0.6 is 0 Å². The van der Waals surface area contributed by atoms with Crippen molar-refractivity contribution in [3.8, 4) is 17.0 Å². The molecule has 0 radical (unpaired) electrons. The van der Waals surface area contributed by atoms with E-state index in [-0.39, 0.29) is 29.1 Å². The first kappa shape index (κ1) is 19.8. The number of hydrogen-bond donors (Lipinski definition) is 1. The molecule has 0 aliphatic carbocycles. The molecule has 35 heavy (non-hydrogen) atoms. The summed E-state index contributed by atoms with van der Waals surface area (Å²) in [6.45, 7) is 0.392. The highest BCUT2D eigenvalue weighted by Crippen LogP contribution is 2.36. The molecule has 1 N–H and O–H groups in total. The van der Waals surface area contributed by atoms with Crippen LogP contribution < -0.4 is 10.1 Å². The van der Waals surface area contributed by atoms with Crippen molar-refractivity contribution < 1.29 is 30.8 Å². The van der Waals surface area contributed by atoms with Crippen LogP contribution in [0.3, 0.4) is 0 Å². The van der Waals surface area contributed by atoms with Crippen molar-refractivity contribution in [3.05, 3.63) is 36.0 Å². The zero-order chi connectivity index (χ0) is 27.6. The Morgan fingerprint density at radius 2 is 2.11 bits per heavy atom. The lowest BCUT2D eigenvalue weighted by Crippen LogP contribution is -2.38. The number of nitrogens with one attached hydrogen (secondary N) is 1. The topological polar surface area (TPSA) is 72.5 Å². The Balaban J connectivity index is 1.65. The fraction of sp³-hybridized carbons (Fsp3) is 0.409. The molecular formula is C22H22F5N7O. The highest BCUT2D eigenvalue weighted by Gasteiger charge is 2.47. The number of aryl methyl sites for hydroxylation is 1. The summed E-state index contributed by atoms with van der Waals surface area (Å²) in [6.07, 6.45) is -1.73. The largest absolute Gasteiger partial charge is 0.479 e. The molecule has 186 valence electrons. The second-order valence-corrected chi connectivity index (χ2v) is 8.51. The minimum Gasteiger partial charge on any atom is -0.479 e. The third-order valence-electron chi connectivity index (χ3n) is 5.99. The quantitative estimate of drug-likeness (QED) is 0.408. The Morgan fingerprint density at radius 3 is 2.80 bits per heavy atom. The first-order valence-corrected chi connectivity index (χ1v) is 10.6. The SMILES string of the molecule is [2H]C([2H])([2H])Oc1nc(N[C@@H]2CN(C)CC2(F)F)nn2cc(F)c(-c3ccc4nc(C)n(CC(F)F)c4c3)c12. The average Bonchev–Trinajstić information content (AvgIpc) is 3.36. The second-order valence-electron chi connectivity index (χ2n) is 8.51. The van der Waals surface area contributed by atoms with E-state index in [0.717, 1.165) is 10.7 Å². The fourth-order valence-electron chi connectivity index (χ4n) is 4.48. The lowest BCUT2D eigenvalue weighted by Gasteiger charge is -2.19. The van der Waals surface area contributed by atoms with Crippen LogP contribution in [0.1, 0.15) is 9.94 Å². The number of ether oxygens (including phenoxy) is 1. The van der Waals surface area contributed by atoms with Crippen molar-refractivity contribution >= 4 is 22.5 Å². The van der Waals surface area contributed by atoms with Gasteiger partial charge in [0.25, 0.3) is 12.3 Å². The van der Waals surface area contributed by atoms with Gasteiger partial charge in [0.1, 0.15) is 17.4 Å². The van der Waals surface area contributed by atoms with Gasteiger partial charge in [0.15, 0.2) is 5.82 Å². The van der Waals surface area contributed by atoms with Gasteiger partial charge in [-0.05, 0) is 31.7 Å². The lowest BCUT2D eigenvalue weighted by molar-refractivity contribution is 0.00582. The smallest absolute Gasteiger partial charge is 0.281 e. The molecule has 5 rings (SSSR count). The Hall–Kier alpha value is -3.48. The molecular weight excluding hydrogens is 473 g/mol. The van der Waals surface area contributed by atoms with E-state index < -0.39 is 50.2 Å². The van der Waals surface area contributed by atoms with E-state index in [0.29, 0.717) is 16.9 Å². The van der Waals surface area contributed by atoms with E-state index in [2.05, 4.69) is 20.4 Å². The molecule has 0 unspecified atom stereocenters. The summed E-state index contributed by atoms with van der Waals surface area (Å²) in [5.41, 5.74) is 0.558. The number of anilines is 1. The summed E-state index contributed by atoms with van der Waals surface area (Å²) in [5, 5.41) is 6.57. The molecule has 0 saturated carbocycles. The number of fused-ring (bicyclic) bond motifs is 2. The molecule has 0 bridgehead atoms. The van der Waals surface area contributed by atoms with Crippen LogP contribution in [0, 0.1) is 12.7 Å². The minimum atomic E-state index is -3.13. The first-order valence-electron chi connectivity index (χ1n) is 12.1. The molecule has 8 nitrogen and oxygen atoms in total. The molecule has 13 heteroatoms. The number of nitrogens with zero attached hydrogens (tertiary/aromatic N) is 6. The maximum absolute atomic E-state index is 15.4. The van der Waals surface area contributed by atoms with E-state index in [1.54, 1.807) is 6.92 Å². The molecule has 1 aromatic carbocycles. The van der Waals surface area contributed by atoms with Crippen LogP contribution in [-0.2, 0) is 6.54 Å². The zero-order valence-electron chi connectivity index (χ0n) is 21.6. The molecule has 1 saturated heterocycles. The Labute approximate surface area is 200 Å². The van der Waals surface area contributed by atoms with E-state index in [1.165, 1.54) is 34.7 Å². The number of aromatic nitrogens is 5. The summed E-state index contributed by atoms with van der Waals surface area (Å²) < 4.78 is 100. The number of alkyl halides is 4. The van der Waals surface area contributed by atoms with Gasteiger partial charge in [-0.2, -0.15) is 4.98 Å². The van der Waals surface area contributed by atoms with Crippen LogP contribution in [0.4, 0.5) is 27.9 Å². The molecule has 1 aliphatic rings. The van der Waals surface area contributed by atoms with E-state index in [4.69, 9.17) is 8.85 Å². The molecule has 1 atom stereocenters. The number of halogens is 5. The third-order valence-corrected chi connectivity index (χ3v) is 5.99. The summed E-state index contributed by atoms with van der Waals surface area (Å²) in [6, 6.07) is 3.06. The van der Waals surface area contributed by atoms with Gasteiger partial charge in [-0.1, -0.05) is 6.07 Å². The Bertz CT molecular complexity index is 1520. The van der Waals surface area contributed by atoms with Crippen molar-refractivity contribution in [1.29, 1.82) is 0 Å². The van der Waals surface area contributed by atoms with Crippen LogP contribution in [0.25, 0.3) is 27.7 Å². The van der Waals surface area contributed by atoms with Crippen LogP contribution in [0.2, 0.25) is 0 Å². The Morgan fingerprint density at radius 1 is 1.31 bits per heavy atom. The summed E-state index contributed by atoms with van der Waals surface area (Å²) in [4.78, 5) is 9.66. The van der Waals surface area contributed by atoms with Gasteiger partial charge in [0.2, 0.25) is 11.8 Å². The fourth-order valence-corrected chi connectivity index (χ4v) is 4.48. The molecule has 0 spiro atoms. The third kappa shape index (κ3) is 4.03. The first-order chi connectivity index (χ1) is 17.7. The average molecular weight is 498 g/mol. The van der Waals surface area contributed by atoms with Crippen molar-refractivity contribution in [2.75, 3.05) is 32.5 Å². The molecule has 1 fully saturated rings. The molecule has 4 aromatic rings. The van der Waals surface area contributed by atoms with Gasteiger partial charge in [-0.3, -0.25) is 4.90 Å². The Kier molecular flexibility index (Phi) is 4.71. The lowest BCUT2D eigenvalue weighted by atomic mass is 10.1. The maximum Gasteiger partial charge on any atom is 0.281 e. The van der Waals surface area contributed by atoms with Crippen molar-refractivity contribution in [2.45, 2.75) is 31.9 Å². The predicted octanol–water partition coefficient (Wildman–Crippen LogP) is 3.83. The number of methoxy groups -OCH3 is 1. The van der Waals surface area contributed by atoms with Gasteiger partial charge < -0.3 is 14.6 Å². The summed E-state index contributed by atoms with van der Waals surface area (Å²) in [5.74, 6) is -4.61. The molecule has 3 aromatic heterocycles. The van der Waals surface area contributed by atoms with E-state index in [1.807, 2.05) is 0 Å². The van der Waals surface area contributed by atoms with Crippen LogP contribution in [0.5, 0.6) is 5.88 Å². The molecule has 4 heterocycles. The number of benzene rings is 1. The maximum atomic E-state index is 15.4. The van der Waals surface area contributed by atoms with Crippen LogP contribution in [-0.4, -0.2) is 74.6 Å². The summed E-state index contributed by atoms with van der Waals surface area (Å²) in [7, 11) is -1.50. The number of imidazole rings is 1.